The van der Waals surface area contributed by atoms with E-state index >= 15 is 0 Å². The Hall–Kier alpha value is -3.83. The number of carbonyl (C=O) groups excluding carboxylic acids is 1. The Kier molecular flexibility index (Phi) is 14.3. The third kappa shape index (κ3) is 11.3. The van der Waals surface area contributed by atoms with Gasteiger partial charge in [-0.25, -0.2) is 4.79 Å². The third-order valence-electron chi connectivity index (χ3n) is 6.85. The second-order valence-electron chi connectivity index (χ2n) is 9.94. The summed E-state index contributed by atoms with van der Waals surface area (Å²) in [5.41, 5.74) is 5.64. The number of carbonyl (C=O) groups is 1. The summed E-state index contributed by atoms with van der Waals surface area (Å²) in [7, 11) is 1.75. The van der Waals surface area contributed by atoms with Crippen molar-refractivity contribution in [3.05, 3.63) is 91.5 Å². The molecule has 5 nitrogen and oxygen atoms in total. The van der Waals surface area contributed by atoms with E-state index in [9.17, 15) is 4.79 Å². The normalized spacial score (nSPS) is 10.7. The molecule has 0 saturated carbocycles. The zero-order chi connectivity index (χ0) is 29.1. The highest BCUT2D eigenvalue weighted by molar-refractivity contribution is 5.81. The molecule has 0 unspecified atom stereocenters. The van der Waals surface area contributed by atoms with Crippen molar-refractivity contribution in [2.75, 3.05) is 33.5 Å². The van der Waals surface area contributed by atoms with Gasteiger partial charge in [0.1, 0.15) is 11.5 Å². The van der Waals surface area contributed by atoms with E-state index in [4.69, 9.17) is 18.9 Å². The van der Waals surface area contributed by atoms with Crippen LogP contribution in [0.1, 0.15) is 56.9 Å². The van der Waals surface area contributed by atoms with E-state index < -0.39 is 0 Å². The molecule has 0 radical (unpaired) electrons. The lowest BCUT2D eigenvalue weighted by molar-refractivity contribution is -0.137. The Morgan fingerprint density at radius 3 is 1.68 bits per heavy atom. The molecular weight excluding hydrogens is 512 g/mol. The van der Waals surface area contributed by atoms with Gasteiger partial charge in [0.05, 0.1) is 19.8 Å². The summed E-state index contributed by atoms with van der Waals surface area (Å²) >= 11 is 0. The summed E-state index contributed by atoms with van der Waals surface area (Å²) in [5.74, 6) is 1.40. The van der Waals surface area contributed by atoms with Crippen LogP contribution in [0.2, 0.25) is 0 Å². The number of hydrogen-bond acceptors (Lipinski definition) is 5. The molecule has 0 aliphatic heterocycles. The molecule has 5 heteroatoms. The number of ether oxygens (including phenoxy) is 4. The van der Waals surface area contributed by atoms with Crippen molar-refractivity contribution in [3.8, 4) is 33.8 Å². The maximum atomic E-state index is 11.0. The molecule has 0 N–H and O–H groups in total. The molecule has 0 fully saturated rings. The zero-order valence-electron chi connectivity index (χ0n) is 24.4. The molecule has 0 aliphatic rings. The highest BCUT2D eigenvalue weighted by Gasteiger charge is 2.07. The Morgan fingerprint density at radius 2 is 1.15 bits per heavy atom. The van der Waals surface area contributed by atoms with Crippen LogP contribution in [0, 0.1) is 0 Å². The van der Waals surface area contributed by atoms with E-state index in [0.29, 0.717) is 13.2 Å². The van der Waals surface area contributed by atoms with Crippen LogP contribution in [0.3, 0.4) is 0 Å². The summed E-state index contributed by atoms with van der Waals surface area (Å²) in [5, 5.41) is 0. The predicted octanol–water partition coefficient (Wildman–Crippen LogP) is 8.92. The van der Waals surface area contributed by atoms with Crippen LogP contribution in [-0.4, -0.2) is 39.5 Å². The van der Waals surface area contributed by atoms with Gasteiger partial charge in [-0.15, -0.1) is 0 Å². The first-order valence-electron chi connectivity index (χ1n) is 14.7. The Balaban J connectivity index is 1.46. The van der Waals surface area contributed by atoms with Gasteiger partial charge in [0.2, 0.25) is 0 Å². The lowest BCUT2D eigenvalue weighted by Crippen LogP contribution is -2.02. The number of hydrogen-bond donors (Lipinski definition) is 0. The standard InChI is InChI=1S/C36H44O5/c1-4-29-28-32(30-14-19-33(20-15-30)39-26-12-8-9-13-27-41-36(37)5-2)18-23-35(29)31-16-21-34(22-17-31)40-25-11-7-6-10-24-38-3/h4-5,14-23,28H,1-2,6-13,24-27H2,3H3. The Bertz CT molecular complexity index is 1200. The summed E-state index contributed by atoms with van der Waals surface area (Å²) in [6, 6.07) is 23.0. The first-order valence-corrected chi connectivity index (χ1v) is 14.7. The fraction of sp³-hybridized carbons (Fsp3) is 0.361. The van der Waals surface area contributed by atoms with E-state index in [1.807, 2.05) is 30.3 Å². The van der Waals surface area contributed by atoms with E-state index in [2.05, 4.69) is 55.6 Å². The molecule has 3 aromatic rings. The van der Waals surface area contributed by atoms with Crippen molar-refractivity contribution in [1.29, 1.82) is 0 Å². The van der Waals surface area contributed by atoms with Crippen LogP contribution in [0.5, 0.6) is 11.5 Å². The van der Waals surface area contributed by atoms with Crippen molar-refractivity contribution in [1.82, 2.24) is 0 Å². The average Bonchev–Trinajstić information content (AvgIpc) is 3.02. The lowest BCUT2D eigenvalue weighted by atomic mass is 9.95. The zero-order valence-corrected chi connectivity index (χ0v) is 24.4. The van der Waals surface area contributed by atoms with Gasteiger partial charge in [0.25, 0.3) is 0 Å². The number of benzene rings is 3. The first-order chi connectivity index (χ1) is 20.1. The van der Waals surface area contributed by atoms with E-state index in [0.717, 1.165) is 97.5 Å². The van der Waals surface area contributed by atoms with Crippen molar-refractivity contribution in [2.45, 2.75) is 51.4 Å². The summed E-state index contributed by atoms with van der Waals surface area (Å²) in [4.78, 5) is 11.0. The summed E-state index contributed by atoms with van der Waals surface area (Å²) in [6.45, 7) is 10.1. The highest BCUT2D eigenvalue weighted by atomic mass is 16.5. The van der Waals surface area contributed by atoms with Gasteiger partial charge < -0.3 is 18.9 Å². The number of unbranched alkanes of at least 4 members (excludes halogenated alkanes) is 6. The molecule has 0 aromatic heterocycles. The smallest absolute Gasteiger partial charge is 0.330 e. The van der Waals surface area contributed by atoms with Crippen molar-refractivity contribution in [3.63, 3.8) is 0 Å². The highest BCUT2D eigenvalue weighted by Crippen LogP contribution is 2.31. The summed E-state index contributed by atoms with van der Waals surface area (Å²) in [6.07, 6.45) is 11.5. The monoisotopic (exact) mass is 556 g/mol. The molecule has 0 bridgehead atoms. The van der Waals surface area contributed by atoms with Crippen LogP contribution in [0.25, 0.3) is 28.3 Å². The number of esters is 1. The topological polar surface area (TPSA) is 54.0 Å². The largest absolute Gasteiger partial charge is 0.494 e. The third-order valence-corrected chi connectivity index (χ3v) is 6.85. The van der Waals surface area contributed by atoms with E-state index in [-0.39, 0.29) is 5.97 Å². The van der Waals surface area contributed by atoms with E-state index in [1.54, 1.807) is 7.11 Å². The maximum absolute atomic E-state index is 11.0. The van der Waals surface area contributed by atoms with Gasteiger partial charge in [-0.1, -0.05) is 62.1 Å². The summed E-state index contributed by atoms with van der Waals surface area (Å²) < 4.78 is 21.9. The minimum atomic E-state index is -0.361. The molecule has 0 heterocycles. The maximum Gasteiger partial charge on any atom is 0.330 e. The molecule has 0 spiro atoms. The van der Waals surface area contributed by atoms with Crippen molar-refractivity contribution in [2.24, 2.45) is 0 Å². The molecule has 3 aromatic carbocycles. The molecule has 0 amide bonds. The van der Waals surface area contributed by atoms with Crippen LogP contribution < -0.4 is 9.47 Å². The lowest BCUT2D eigenvalue weighted by Gasteiger charge is -2.12. The van der Waals surface area contributed by atoms with Crippen molar-refractivity contribution < 1.29 is 23.7 Å². The molecule has 0 atom stereocenters. The Labute approximate surface area is 245 Å². The van der Waals surface area contributed by atoms with Crippen LogP contribution in [-0.2, 0) is 14.3 Å². The number of rotatable bonds is 20. The fourth-order valence-electron chi connectivity index (χ4n) is 4.52. The second-order valence-corrected chi connectivity index (χ2v) is 9.94. The second kappa shape index (κ2) is 18.5. The van der Waals surface area contributed by atoms with Crippen LogP contribution in [0.15, 0.2) is 86.0 Å². The van der Waals surface area contributed by atoms with Gasteiger partial charge in [0.15, 0.2) is 0 Å². The van der Waals surface area contributed by atoms with Gasteiger partial charge in [0, 0.05) is 19.8 Å². The Morgan fingerprint density at radius 1 is 0.634 bits per heavy atom. The van der Waals surface area contributed by atoms with Gasteiger partial charge in [-0.3, -0.25) is 0 Å². The molecule has 3 rings (SSSR count). The van der Waals surface area contributed by atoms with Gasteiger partial charge in [-0.05, 0) is 103 Å². The molecule has 0 aliphatic carbocycles. The van der Waals surface area contributed by atoms with E-state index in [1.165, 1.54) is 12.5 Å². The number of methoxy groups -OCH3 is 1. The molecule has 218 valence electrons. The minimum Gasteiger partial charge on any atom is -0.494 e. The van der Waals surface area contributed by atoms with Crippen LogP contribution in [0.4, 0.5) is 0 Å². The minimum absolute atomic E-state index is 0.361. The molecule has 0 saturated heterocycles. The fourth-order valence-corrected chi connectivity index (χ4v) is 4.52. The molecule has 41 heavy (non-hydrogen) atoms. The average molecular weight is 557 g/mol. The SMILES string of the molecule is C=CC(=O)OCCCCCCOc1ccc(-c2ccc(-c3ccc(OCCCCCCOC)cc3)c(C=C)c2)cc1. The van der Waals surface area contributed by atoms with Crippen molar-refractivity contribution >= 4 is 12.0 Å². The predicted molar refractivity (Wildman–Crippen MR) is 168 cm³/mol. The molecular formula is C36H44O5. The van der Waals surface area contributed by atoms with Gasteiger partial charge in [-0.2, -0.15) is 0 Å². The van der Waals surface area contributed by atoms with Crippen LogP contribution >= 0.6 is 0 Å². The van der Waals surface area contributed by atoms with Gasteiger partial charge >= 0.3 is 5.97 Å². The first kappa shape index (κ1) is 31.7. The quantitative estimate of drug-likeness (QED) is 0.0790.